The van der Waals surface area contributed by atoms with Gasteiger partial charge in [0.1, 0.15) is 11.1 Å². The molecule has 1 heterocycles. The molecular weight excluding hydrogens is 262 g/mol. The van der Waals surface area contributed by atoms with Crippen molar-refractivity contribution >= 4 is 17.7 Å². The number of nitrogens with zero attached hydrogens (tertiary/aromatic N) is 3. The summed E-state index contributed by atoms with van der Waals surface area (Å²) < 4.78 is 2.08. The molecule has 1 saturated carbocycles. The Morgan fingerprint density at radius 3 is 2.68 bits per heavy atom. The summed E-state index contributed by atoms with van der Waals surface area (Å²) in [5, 5.41) is 17.7. The minimum absolute atomic E-state index is 0.492. The third-order valence-corrected chi connectivity index (χ3v) is 4.73. The number of aliphatic carboxylic acids is 1. The van der Waals surface area contributed by atoms with Crippen LogP contribution in [0.3, 0.4) is 0 Å². The molecule has 106 valence electrons. The molecule has 0 spiro atoms. The van der Waals surface area contributed by atoms with Gasteiger partial charge in [-0.05, 0) is 26.7 Å². The quantitative estimate of drug-likeness (QED) is 0.841. The SMILES string of the molecule is CCn1c(S[C@@H](C)C(=O)O)nnc1C1CCCCC1. The molecule has 6 heteroatoms. The van der Waals surface area contributed by atoms with Crippen molar-refractivity contribution in [2.45, 2.75) is 68.8 Å². The summed E-state index contributed by atoms with van der Waals surface area (Å²) in [5.41, 5.74) is 0. The van der Waals surface area contributed by atoms with Crippen LogP contribution in [0.1, 0.15) is 57.7 Å². The van der Waals surface area contributed by atoms with Crippen molar-refractivity contribution in [2.75, 3.05) is 0 Å². The monoisotopic (exact) mass is 283 g/mol. The maximum absolute atomic E-state index is 10.9. The molecule has 1 N–H and O–H groups in total. The second kappa shape index (κ2) is 6.41. The standard InChI is InChI=1S/C13H21N3O2S/c1-3-16-11(10-7-5-4-6-8-10)14-15-13(16)19-9(2)12(17)18/h9-10H,3-8H2,1-2H3,(H,17,18)/t9-/m0/s1. The van der Waals surface area contributed by atoms with Gasteiger partial charge in [0.15, 0.2) is 5.16 Å². The Labute approximate surface area is 117 Å². The van der Waals surface area contributed by atoms with E-state index in [1.54, 1.807) is 6.92 Å². The highest BCUT2D eigenvalue weighted by atomic mass is 32.2. The number of carboxylic acids is 1. The molecular formula is C13H21N3O2S. The van der Waals surface area contributed by atoms with E-state index in [4.69, 9.17) is 5.11 Å². The fourth-order valence-electron chi connectivity index (χ4n) is 2.56. The molecule has 0 aliphatic heterocycles. The van der Waals surface area contributed by atoms with Crippen LogP contribution in [0.25, 0.3) is 0 Å². The molecule has 0 bridgehead atoms. The van der Waals surface area contributed by atoms with E-state index >= 15 is 0 Å². The van der Waals surface area contributed by atoms with Crippen LogP contribution in [0.15, 0.2) is 5.16 Å². The molecule has 1 aliphatic carbocycles. The maximum Gasteiger partial charge on any atom is 0.316 e. The van der Waals surface area contributed by atoms with Crippen LogP contribution in [0, 0.1) is 0 Å². The third kappa shape index (κ3) is 3.29. The highest BCUT2D eigenvalue weighted by molar-refractivity contribution is 8.00. The lowest BCUT2D eigenvalue weighted by Crippen LogP contribution is -2.15. The van der Waals surface area contributed by atoms with Crippen LogP contribution < -0.4 is 0 Å². The van der Waals surface area contributed by atoms with Crippen LogP contribution >= 0.6 is 11.8 Å². The van der Waals surface area contributed by atoms with Crippen molar-refractivity contribution in [2.24, 2.45) is 0 Å². The summed E-state index contributed by atoms with van der Waals surface area (Å²) >= 11 is 1.28. The molecule has 1 aromatic rings. The van der Waals surface area contributed by atoms with E-state index in [1.165, 1.54) is 43.9 Å². The summed E-state index contributed by atoms with van der Waals surface area (Å²) in [6.07, 6.45) is 6.19. The Bertz CT molecular complexity index is 441. The predicted molar refractivity (Wildman–Crippen MR) is 74.5 cm³/mol. The summed E-state index contributed by atoms with van der Waals surface area (Å²) in [7, 11) is 0. The summed E-state index contributed by atoms with van der Waals surface area (Å²) in [4.78, 5) is 10.9. The fraction of sp³-hybridized carbons (Fsp3) is 0.769. The third-order valence-electron chi connectivity index (χ3n) is 3.66. The first kappa shape index (κ1) is 14.4. The number of hydrogen-bond donors (Lipinski definition) is 1. The molecule has 0 radical (unpaired) electrons. The molecule has 5 nitrogen and oxygen atoms in total. The van der Waals surface area contributed by atoms with E-state index in [-0.39, 0.29) is 0 Å². The number of thioether (sulfide) groups is 1. The highest BCUT2D eigenvalue weighted by Crippen LogP contribution is 2.33. The Morgan fingerprint density at radius 1 is 1.42 bits per heavy atom. The second-order valence-corrected chi connectivity index (χ2v) is 6.33. The van der Waals surface area contributed by atoms with Crippen LogP contribution in [0.5, 0.6) is 0 Å². The average molecular weight is 283 g/mol. The van der Waals surface area contributed by atoms with E-state index in [9.17, 15) is 4.79 Å². The zero-order chi connectivity index (χ0) is 13.8. The van der Waals surface area contributed by atoms with E-state index in [0.29, 0.717) is 5.92 Å². The maximum atomic E-state index is 10.9. The van der Waals surface area contributed by atoms with Gasteiger partial charge in [0.2, 0.25) is 0 Å². The summed E-state index contributed by atoms with van der Waals surface area (Å²) in [6, 6.07) is 0. The Balaban J connectivity index is 2.17. The van der Waals surface area contributed by atoms with Gasteiger partial charge in [0, 0.05) is 12.5 Å². The van der Waals surface area contributed by atoms with Crippen molar-refractivity contribution in [3.05, 3.63) is 5.82 Å². The number of carbonyl (C=O) groups is 1. The first-order valence-electron chi connectivity index (χ1n) is 6.96. The average Bonchev–Trinajstić information content (AvgIpc) is 2.82. The molecule has 2 rings (SSSR count). The van der Waals surface area contributed by atoms with Crippen molar-refractivity contribution in [1.82, 2.24) is 14.8 Å². The predicted octanol–water partition coefficient (Wildman–Crippen LogP) is 2.91. The largest absolute Gasteiger partial charge is 0.480 e. The summed E-state index contributed by atoms with van der Waals surface area (Å²) in [6.45, 7) is 4.54. The van der Waals surface area contributed by atoms with E-state index in [0.717, 1.165) is 17.5 Å². The molecule has 1 fully saturated rings. The number of rotatable bonds is 5. The van der Waals surface area contributed by atoms with Crippen LogP contribution in [0.4, 0.5) is 0 Å². The number of hydrogen-bond acceptors (Lipinski definition) is 4. The molecule has 0 amide bonds. The second-order valence-electron chi connectivity index (χ2n) is 5.02. The zero-order valence-electron chi connectivity index (χ0n) is 11.5. The van der Waals surface area contributed by atoms with Crippen LogP contribution in [-0.2, 0) is 11.3 Å². The Kier molecular flexibility index (Phi) is 4.85. The summed E-state index contributed by atoms with van der Waals surface area (Å²) in [5.74, 6) is 0.729. The normalized spacial score (nSPS) is 18.4. The van der Waals surface area contributed by atoms with Gasteiger partial charge in [0.05, 0.1) is 0 Å². The zero-order valence-corrected chi connectivity index (χ0v) is 12.3. The lowest BCUT2D eigenvalue weighted by atomic mass is 9.89. The van der Waals surface area contributed by atoms with Crippen molar-refractivity contribution in [1.29, 1.82) is 0 Å². The minimum atomic E-state index is -0.810. The van der Waals surface area contributed by atoms with Crippen molar-refractivity contribution in [3.8, 4) is 0 Å². The lowest BCUT2D eigenvalue weighted by Gasteiger charge is -2.21. The van der Waals surface area contributed by atoms with Gasteiger partial charge < -0.3 is 9.67 Å². The Morgan fingerprint density at radius 2 is 2.11 bits per heavy atom. The first-order chi connectivity index (χ1) is 9.13. The van der Waals surface area contributed by atoms with Gasteiger partial charge in [-0.3, -0.25) is 4.79 Å². The molecule has 1 aliphatic rings. The topological polar surface area (TPSA) is 68.0 Å². The van der Waals surface area contributed by atoms with Gasteiger partial charge in [-0.15, -0.1) is 10.2 Å². The number of carboxylic acid groups (broad SMARTS) is 1. The van der Waals surface area contributed by atoms with Gasteiger partial charge in [-0.25, -0.2) is 0 Å². The fourth-order valence-corrected chi connectivity index (χ4v) is 3.41. The van der Waals surface area contributed by atoms with Crippen molar-refractivity contribution < 1.29 is 9.90 Å². The molecule has 0 aromatic carbocycles. The van der Waals surface area contributed by atoms with Crippen molar-refractivity contribution in [3.63, 3.8) is 0 Å². The van der Waals surface area contributed by atoms with Gasteiger partial charge in [-0.2, -0.15) is 0 Å². The number of aromatic nitrogens is 3. The minimum Gasteiger partial charge on any atom is -0.480 e. The Hall–Kier alpha value is -1.04. The van der Waals surface area contributed by atoms with Crippen LogP contribution in [-0.4, -0.2) is 31.1 Å². The smallest absolute Gasteiger partial charge is 0.316 e. The lowest BCUT2D eigenvalue weighted by molar-refractivity contribution is -0.136. The van der Waals surface area contributed by atoms with Gasteiger partial charge >= 0.3 is 5.97 Å². The van der Waals surface area contributed by atoms with E-state index in [1.807, 2.05) is 0 Å². The highest BCUT2D eigenvalue weighted by Gasteiger charge is 2.24. The molecule has 1 aromatic heterocycles. The van der Waals surface area contributed by atoms with E-state index < -0.39 is 11.2 Å². The molecule has 19 heavy (non-hydrogen) atoms. The van der Waals surface area contributed by atoms with E-state index in [2.05, 4.69) is 21.7 Å². The molecule has 0 saturated heterocycles. The van der Waals surface area contributed by atoms with Gasteiger partial charge in [-0.1, -0.05) is 31.0 Å². The molecule has 0 unspecified atom stereocenters. The molecule has 1 atom stereocenters. The van der Waals surface area contributed by atoms with Gasteiger partial charge in [0.25, 0.3) is 0 Å². The first-order valence-corrected chi connectivity index (χ1v) is 7.84. The van der Waals surface area contributed by atoms with Crippen LogP contribution in [0.2, 0.25) is 0 Å².